The van der Waals surface area contributed by atoms with Crippen LogP contribution in [0.25, 0.3) is 0 Å². The van der Waals surface area contributed by atoms with Gasteiger partial charge in [0.15, 0.2) is 0 Å². The number of rotatable bonds is 5. The van der Waals surface area contributed by atoms with Crippen LogP contribution in [0.1, 0.15) is 40.0 Å². The lowest BCUT2D eigenvalue weighted by Crippen LogP contribution is -2.21. The van der Waals surface area contributed by atoms with Gasteiger partial charge in [0.2, 0.25) is 0 Å². The first-order valence-corrected chi connectivity index (χ1v) is 5.84. The molecule has 1 heterocycles. The Bertz CT molecular complexity index is 410. The number of carbonyl (C=O) groups is 2. The van der Waals surface area contributed by atoms with Crippen LogP contribution >= 0.6 is 0 Å². The smallest absolute Gasteiger partial charge is 0.254 e. The van der Waals surface area contributed by atoms with E-state index in [2.05, 4.69) is 25.2 Å². The molecule has 0 unspecified atom stereocenters. The second kappa shape index (κ2) is 6.18. The molecular weight excluding hydrogens is 214 g/mol. The molecule has 17 heavy (non-hydrogen) atoms. The average Bonchev–Trinajstić information content (AvgIpc) is 2.54. The van der Waals surface area contributed by atoms with Crippen LogP contribution in [0.15, 0.2) is 34.9 Å². The zero-order valence-electron chi connectivity index (χ0n) is 10.7. The summed E-state index contributed by atoms with van der Waals surface area (Å²) >= 11 is 0. The molecule has 1 N–H and O–H groups in total. The standard InChI is InChI=1S/C14H19NO2/c1-10(2)5-4-6-11(3)7-8-12-9-13(16)15-14(12)17/h5,7,9H,4,6,8H2,1-3H3,(H,15,16,17)/b11-7-. The number of hydrogen-bond donors (Lipinski definition) is 1. The minimum Gasteiger partial charge on any atom is -0.289 e. The average molecular weight is 233 g/mol. The number of hydrogen-bond acceptors (Lipinski definition) is 2. The Morgan fingerprint density at radius 2 is 1.94 bits per heavy atom. The molecule has 92 valence electrons. The third-order valence-electron chi connectivity index (χ3n) is 2.60. The van der Waals surface area contributed by atoms with Crippen LogP contribution in [0.2, 0.25) is 0 Å². The number of imide groups is 1. The van der Waals surface area contributed by atoms with E-state index in [0.29, 0.717) is 12.0 Å². The summed E-state index contributed by atoms with van der Waals surface area (Å²) in [6, 6.07) is 0. The van der Waals surface area contributed by atoms with E-state index in [4.69, 9.17) is 0 Å². The summed E-state index contributed by atoms with van der Waals surface area (Å²) in [6.07, 6.45) is 8.15. The van der Waals surface area contributed by atoms with E-state index in [9.17, 15) is 9.59 Å². The Labute approximate surface area is 102 Å². The van der Waals surface area contributed by atoms with Gasteiger partial charge in [-0.25, -0.2) is 0 Å². The van der Waals surface area contributed by atoms with Gasteiger partial charge >= 0.3 is 0 Å². The molecular formula is C14H19NO2. The van der Waals surface area contributed by atoms with Crippen molar-refractivity contribution >= 4 is 11.8 Å². The largest absolute Gasteiger partial charge is 0.289 e. The van der Waals surface area contributed by atoms with Crippen molar-refractivity contribution in [3.05, 3.63) is 34.9 Å². The van der Waals surface area contributed by atoms with E-state index >= 15 is 0 Å². The van der Waals surface area contributed by atoms with Gasteiger partial charge in [-0.1, -0.05) is 23.3 Å². The highest BCUT2D eigenvalue weighted by molar-refractivity contribution is 6.16. The lowest BCUT2D eigenvalue weighted by Gasteiger charge is -1.99. The molecule has 0 atom stereocenters. The molecule has 0 fully saturated rings. The Hall–Kier alpha value is -1.64. The first-order chi connectivity index (χ1) is 7.99. The number of allylic oxidation sites excluding steroid dienone is 4. The summed E-state index contributed by atoms with van der Waals surface area (Å²) in [5.41, 5.74) is 3.12. The SMILES string of the molecule is CC(C)=CCC/C(C)=C\CC1=CC(=O)NC1=O. The van der Waals surface area contributed by atoms with Gasteiger partial charge in [0.25, 0.3) is 11.8 Å². The van der Waals surface area contributed by atoms with Crippen molar-refractivity contribution in [2.24, 2.45) is 0 Å². The molecule has 0 saturated carbocycles. The molecule has 0 spiro atoms. The van der Waals surface area contributed by atoms with E-state index in [1.165, 1.54) is 17.2 Å². The minimum atomic E-state index is -0.305. The fourth-order valence-electron chi connectivity index (χ4n) is 1.58. The first kappa shape index (κ1) is 13.4. The molecule has 1 aliphatic heterocycles. The normalized spacial score (nSPS) is 15.7. The van der Waals surface area contributed by atoms with Crippen molar-refractivity contribution in [3.8, 4) is 0 Å². The van der Waals surface area contributed by atoms with Crippen molar-refractivity contribution in [3.63, 3.8) is 0 Å². The Morgan fingerprint density at radius 3 is 2.47 bits per heavy atom. The van der Waals surface area contributed by atoms with Gasteiger partial charge in [-0.15, -0.1) is 0 Å². The fourth-order valence-corrected chi connectivity index (χ4v) is 1.58. The van der Waals surface area contributed by atoms with Crippen LogP contribution in [0.3, 0.4) is 0 Å². The third-order valence-corrected chi connectivity index (χ3v) is 2.60. The minimum absolute atomic E-state index is 0.261. The highest BCUT2D eigenvalue weighted by atomic mass is 16.2. The zero-order valence-corrected chi connectivity index (χ0v) is 10.7. The van der Waals surface area contributed by atoms with Crippen molar-refractivity contribution < 1.29 is 9.59 Å². The molecule has 0 radical (unpaired) electrons. The van der Waals surface area contributed by atoms with Gasteiger partial charge in [-0.3, -0.25) is 14.9 Å². The molecule has 0 aliphatic carbocycles. The lowest BCUT2D eigenvalue weighted by molar-refractivity contribution is -0.123. The van der Waals surface area contributed by atoms with E-state index < -0.39 is 0 Å². The monoisotopic (exact) mass is 233 g/mol. The third kappa shape index (κ3) is 4.81. The lowest BCUT2D eigenvalue weighted by atomic mass is 10.1. The molecule has 0 saturated heterocycles. The summed E-state index contributed by atoms with van der Waals surface area (Å²) in [5.74, 6) is -0.566. The van der Waals surface area contributed by atoms with Gasteiger partial charge < -0.3 is 0 Å². The Balaban J connectivity index is 2.43. The van der Waals surface area contributed by atoms with Crippen LogP contribution in [0.5, 0.6) is 0 Å². The second-order valence-corrected chi connectivity index (χ2v) is 4.56. The van der Waals surface area contributed by atoms with Gasteiger partial charge in [0.05, 0.1) is 0 Å². The Morgan fingerprint density at radius 1 is 1.24 bits per heavy atom. The molecule has 3 nitrogen and oxygen atoms in total. The topological polar surface area (TPSA) is 46.2 Å². The molecule has 0 bridgehead atoms. The summed E-state index contributed by atoms with van der Waals surface area (Å²) in [7, 11) is 0. The highest BCUT2D eigenvalue weighted by Crippen LogP contribution is 2.13. The van der Waals surface area contributed by atoms with Crippen LogP contribution < -0.4 is 5.32 Å². The molecule has 0 aromatic heterocycles. The predicted octanol–water partition coefficient (Wildman–Crippen LogP) is 2.65. The van der Waals surface area contributed by atoms with Crippen molar-refractivity contribution in [1.29, 1.82) is 0 Å². The maximum Gasteiger partial charge on any atom is 0.254 e. The molecule has 0 aromatic carbocycles. The summed E-state index contributed by atoms with van der Waals surface area (Å²) in [6.45, 7) is 6.21. The number of nitrogens with one attached hydrogen (secondary N) is 1. The second-order valence-electron chi connectivity index (χ2n) is 4.56. The molecule has 1 aliphatic rings. The van der Waals surface area contributed by atoms with Gasteiger partial charge in [-0.05, 0) is 40.0 Å². The van der Waals surface area contributed by atoms with E-state index in [1.54, 1.807) is 0 Å². The summed E-state index contributed by atoms with van der Waals surface area (Å²) in [4.78, 5) is 22.2. The first-order valence-electron chi connectivity index (χ1n) is 5.84. The van der Waals surface area contributed by atoms with Crippen LogP contribution in [0, 0.1) is 0 Å². The fraction of sp³-hybridized carbons (Fsp3) is 0.429. The van der Waals surface area contributed by atoms with Crippen molar-refractivity contribution in [1.82, 2.24) is 5.32 Å². The van der Waals surface area contributed by atoms with E-state index in [1.807, 2.05) is 13.0 Å². The maximum atomic E-state index is 11.3. The van der Waals surface area contributed by atoms with Crippen LogP contribution in [0.4, 0.5) is 0 Å². The van der Waals surface area contributed by atoms with Crippen molar-refractivity contribution in [2.45, 2.75) is 40.0 Å². The molecule has 1 rings (SSSR count). The van der Waals surface area contributed by atoms with Gasteiger partial charge in [0.1, 0.15) is 0 Å². The maximum absolute atomic E-state index is 11.3. The molecule has 3 heteroatoms. The molecule has 0 aromatic rings. The zero-order chi connectivity index (χ0) is 12.8. The van der Waals surface area contributed by atoms with Crippen LogP contribution in [-0.4, -0.2) is 11.8 Å². The quantitative estimate of drug-likeness (QED) is 0.586. The van der Waals surface area contributed by atoms with E-state index in [-0.39, 0.29) is 11.8 Å². The van der Waals surface area contributed by atoms with Gasteiger partial charge in [-0.2, -0.15) is 0 Å². The van der Waals surface area contributed by atoms with Crippen LogP contribution in [-0.2, 0) is 9.59 Å². The number of carbonyl (C=O) groups excluding carboxylic acids is 2. The summed E-state index contributed by atoms with van der Waals surface area (Å²) < 4.78 is 0. The highest BCUT2D eigenvalue weighted by Gasteiger charge is 2.18. The van der Waals surface area contributed by atoms with Crippen molar-refractivity contribution in [2.75, 3.05) is 0 Å². The Kier molecular flexibility index (Phi) is 4.88. The molecule has 2 amide bonds. The number of amides is 2. The summed E-state index contributed by atoms with van der Waals surface area (Å²) in [5, 5.41) is 2.24. The predicted molar refractivity (Wildman–Crippen MR) is 68.3 cm³/mol. The van der Waals surface area contributed by atoms with Gasteiger partial charge in [0, 0.05) is 11.6 Å². The van der Waals surface area contributed by atoms with E-state index in [0.717, 1.165) is 12.8 Å².